The van der Waals surface area contributed by atoms with Gasteiger partial charge in [0.1, 0.15) is 11.5 Å². The summed E-state index contributed by atoms with van der Waals surface area (Å²) in [5, 5.41) is 0. The van der Waals surface area contributed by atoms with E-state index in [1.807, 2.05) is 37.3 Å². The topological polar surface area (TPSA) is 18.5 Å². The van der Waals surface area contributed by atoms with Gasteiger partial charge < -0.3 is 9.47 Å². The maximum absolute atomic E-state index is 5.21. The molecular weight excluding hydrogens is 164 g/mol. The number of para-hydroxylation sites is 1. The third-order valence-electron chi connectivity index (χ3n) is 1.85. The fourth-order valence-corrected chi connectivity index (χ4v) is 1.23. The van der Waals surface area contributed by atoms with Gasteiger partial charge in [-0.05, 0) is 25.1 Å². The Bertz CT molecular complexity index is 303. The summed E-state index contributed by atoms with van der Waals surface area (Å²) < 4.78 is 10.4. The molecule has 1 rings (SSSR count). The van der Waals surface area contributed by atoms with Crippen molar-refractivity contribution in [3.63, 3.8) is 0 Å². The molecule has 2 heteroatoms. The summed E-state index contributed by atoms with van der Waals surface area (Å²) in [6.07, 6.45) is 1.91. The summed E-state index contributed by atoms with van der Waals surface area (Å²) in [6.45, 7) is 1.94. The first kappa shape index (κ1) is 9.65. The van der Waals surface area contributed by atoms with Gasteiger partial charge in [-0.15, -0.1) is 0 Å². The van der Waals surface area contributed by atoms with Crippen LogP contribution in [-0.2, 0) is 4.74 Å². The third kappa shape index (κ3) is 2.02. The van der Waals surface area contributed by atoms with Crippen molar-refractivity contribution in [3.05, 3.63) is 35.9 Å². The van der Waals surface area contributed by atoms with Crippen molar-refractivity contribution in [2.45, 2.75) is 6.92 Å². The van der Waals surface area contributed by atoms with E-state index in [4.69, 9.17) is 9.47 Å². The van der Waals surface area contributed by atoms with Crippen LogP contribution in [0.25, 0.3) is 5.76 Å². The van der Waals surface area contributed by atoms with E-state index in [0.29, 0.717) is 0 Å². The molecule has 0 amide bonds. The van der Waals surface area contributed by atoms with Crippen LogP contribution in [0.5, 0.6) is 5.75 Å². The van der Waals surface area contributed by atoms with Crippen LogP contribution in [0.4, 0.5) is 0 Å². The molecular formula is C11H14O2. The second-order valence-corrected chi connectivity index (χ2v) is 2.56. The molecule has 0 saturated carbocycles. The van der Waals surface area contributed by atoms with Gasteiger partial charge in [-0.1, -0.05) is 12.1 Å². The smallest absolute Gasteiger partial charge is 0.129 e. The van der Waals surface area contributed by atoms with E-state index in [0.717, 1.165) is 17.1 Å². The van der Waals surface area contributed by atoms with Crippen LogP contribution >= 0.6 is 0 Å². The number of ether oxygens (including phenoxy) is 2. The van der Waals surface area contributed by atoms with Crippen molar-refractivity contribution in [2.75, 3.05) is 14.2 Å². The van der Waals surface area contributed by atoms with Gasteiger partial charge in [0, 0.05) is 0 Å². The van der Waals surface area contributed by atoms with Gasteiger partial charge in [0.2, 0.25) is 0 Å². The predicted octanol–water partition coefficient (Wildman–Crippen LogP) is 2.70. The number of hydrogen-bond donors (Lipinski definition) is 0. The van der Waals surface area contributed by atoms with E-state index in [9.17, 15) is 0 Å². The quantitative estimate of drug-likeness (QED) is 0.662. The van der Waals surface area contributed by atoms with Crippen molar-refractivity contribution in [1.82, 2.24) is 0 Å². The van der Waals surface area contributed by atoms with Gasteiger partial charge in [0.15, 0.2) is 0 Å². The highest BCUT2D eigenvalue weighted by Gasteiger charge is 2.05. The molecule has 1 aromatic rings. The Morgan fingerprint density at radius 1 is 1.23 bits per heavy atom. The monoisotopic (exact) mass is 178 g/mol. The Morgan fingerprint density at radius 3 is 2.46 bits per heavy atom. The molecule has 0 radical (unpaired) electrons. The zero-order valence-electron chi connectivity index (χ0n) is 8.20. The van der Waals surface area contributed by atoms with E-state index in [1.165, 1.54) is 0 Å². The van der Waals surface area contributed by atoms with Crippen molar-refractivity contribution in [2.24, 2.45) is 0 Å². The molecule has 1 aromatic carbocycles. The van der Waals surface area contributed by atoms with Crippen LogP contribution < -0.4 is 4.74 Å². The molecule has 13 heavy (non-hydrogen) atoms. The molecule has 0 aromatic heterocycles. The molecule has 0 N–H and O–H groups in total. The Kier molecular flexibility index (Phi) is 3.38. The van der Waals surface area contributed by atoms with Crippen molar-refractivity contribution in [3.8, 4) is 5.75 Å². The van der Waals surface area contributed by atoms with Gasteiger partial charge in [0.05, 0.1) is 19.8 Å². The molecule has 0 saturated heterocycles. The summed E-state index contributed by atoms with van der Waals surface area (Å²) in [5.41, 5.74) is 0.981. The SMILES string of the molecule is CC=C(OC)c1ccccc1OC. The van der Waals surface area contributed by atoms with Gasteiger partial charge in [-0.25, -0.2) is 0 Å². The summed E-state index contributed by atoms with van der Waals surface area (Å²) in [7, 11) is 3.31. The molecule has 0 atom stereocenters. The molecule has 0 unspecified atom stereocenters. The van der Waals surface area contributed by atoms with Crippen molar-refractivity contribution in [1.29, 1.82) is 0 Å². The Balaban J connectivity index is 3.12. The number of hydrogen-bond acceptors (Lipinski definition) is 2. The van der Waals surface area contributed by atoms with Crippen LogP contribution in [0.2, 0.25) is 0 Å². The minimum atomic E-state index is 0.831. The van der Waals surface area contributed by atoms with Crippen LogP contribution in [0.15, 0.2) is 30.3 Å². The molecule has 0 spiro atoms. The van der Waals surface area contributed by atoms with Crippen molar-refractivity contribution >= 4 is 5.76 Å². The Hall–Kier alpha value is -1.44. The van der Waals surface area contributed by atoms with Crippen LogP contribution in [0.3, 0.4) is 0 Å². The highest BCUT2D eigenvalue weighted by Crippen LogP contribution is 2.25. The summed E-state index contributed by atoms with van der Waals surface area (Å²) in [5.74, 6) is 1.66. The van der Waals surface area contributed by atoms with Gasteiger partial charge >= 0.3 is 0 Å². The summed E-state index contributed by atoms with van der Waals surface area (Å²) in [6, 6.07) is 7.78. The van der Waals surface area contributed by atoms with Gasteiger partial charge in [-0.3, -0.25) is 0 Å². The zero-order chi connectivity index (χ0) is 9.68. The van der Waals surface area contributed by atoms with E-state index >= 15 is 0 Å². The van der Waals surface area contributed by atoms with Gasteiger partial charge in [0.25, 0.3) is 0 Å². The molecule has 0 aliphatic carbocycles. The average Bonchev–Trinajstić information content (AvgIpc) is 2.20. The second kappa shape index (κ2) is 4.55. The summed E-state index contributed by atoms with van der Waals surface area (Å²) in [4.78, 5) is 0. The highest BCUT2D eigenvalue weighted by molar-refractivity contribution is 5.65. The fourth-order valence-electron chi connectivity index (χ4n) is 1.23. The van der Waals surface area contributed by atoms with E-state index < -0.39 is 0 Å². The van der Waals surface area contributed by atoms with Gasteiger partial charge in [-0.2, -0.15) is 0 Å². The first-order valence-corrected chi connectivity index (χ1v) is 4.17. The molecule has 0 aliphatic heterocycles. The highest BCUT2D eigenvalue weighted by atomic mass is 16.5. The molecule has 0 aliphatic rings. The number of allylic oxidation sites excluding steroid dienone is 1. The van der Waals surface area contributed by atoms with Crippen LogP contribution in [-0.4, -0.2) is 14.2 Å². The third-order valence-corrected chi connectivity index (χ3v) is 1.85. The minimum absolute atomic E-state index is 0.831. The van der Waals surface area contributed by atoms with E-state index in [1.54, 1.807) is 14.2 Å². The van der Waals surface area contributed by atoms with Crippen LogP contribution in [0.1, 0.15) is 12.5 Å². The lowest BCUT2D eigenvalue weighted by molar-refractivity contribution is 0.361. The van der Waals surface area contributed by atoms with E-state index in [2.05, 4.69) is 0 Å². The largest absolute Gasteiger partial charge is 0.496 e. The molecule has 0 fully saturated rings. The zero-order valence-corrected chi connectivity index (χ0v) is 8.20. The number of rotatable bonds is 3. The predicted molar refractivity (Wildman–Crippen MR) is 53.7 cm³/mol. The summed E-state index contributed by atoms with van der Waals surface area (Å²) >= 11 is 0. The standard InChI is InChI=1S/C11H14O2/c1-4-10(12-2)9-7-5-6-8-11(9)13-3/h4-8H,1-3H3. The number of methoxy groups -OCH3 is 2. The molecule has 2 nitrogen and oxygen atoms in total. The molecule has 0 heterocycles. The minimum Gasteiger partial charge on any atom is -0.496 e. The maximum Gasteiger partial charge on any atom is 0.129 e. The van der Waals surface area contributed by atoms with Crippen molar-refractivity contribution < 1.29 is 9.47 Å². The Morgan fingerprint density at radius 2 is 1.92 bits per heavy atom. The first-order valence-electron chi connectivity index (χ1n) is 4.17. The Labute approximate surface area is 78.8 Å². The normalized spacial score (nSPS) is 11.2. The maximum atomic E-state index is 5.21. The van der Waals surface area contributed by atoms with Crippen LogP contribution in [0, 0.1) is 0 Å². The average molecular weight is 178 g/mol. The molecule has 0 bridgehead atoms. The second-order valence-electron chi connectivity index (χ2n) is 2.56. The molecule has 70 valence electrons. The number of benzene rings is 1. The lowest BCUT2D eigenvalue weighted by atomic mass is 10.1. The van der Waals surface area contributed by atoms with E-state index in [-0.39, 0.29) is 0 Å². The fraction of sp³-hybridized carbons (Fsp3) is 0.273. The lowest BCUT2D eigenvalue weighted by Crippen LogP contribution is -1.92. The first-order chi connectivity index (χ1) is 6.33. The lowest BCUT2D eigenvalue weighted by Gasteiger charge is -2.09.